The molecular formula is C61H108O6. The summed E-state index contributed by atoms with van der Waals surface area (Å²) in [5.41, 5.74) is 0. The number of rotatable bonds is 52. The maximum atomic E-state index is 12.8. The van der Waals surface area contributed by atoms with Crippen molar-refractivity contribution < 1.29 is 28.6 Å². The number of unbranched alkanes of at least 4 members (excludes halogenated alkanes) is 31. The van der Waals surface area contributed by atoms with E-state index >= 15 is 0 Å². The van der Waals surface area contributed by atoms with Gasteiger partial charge in [0.25, 0.3) is 0 Å². The summed E-state index contributed by atoms with van der Waals surface area (Å²) in [6, 6.07) is 0. The zero-order chi connectivity index (χ0) is 48.6. The predicted octanol–water partition coefficient (Wildman–Crippen LogP) is 19.2. The Balaban J connectivity index is 4.36. The van der Waals surface area contributed by atoms with Crippen molar-refractivity contribution in [3.8, 4) is 0 Å². The zero-order valence-corrected chi connectivity index (χ0v) is 44.4. The predicted molar refractivity (Wildman–Crippen MR) is 288 cm³/mol. The lowest BCUT2D eigenvalue weighted by Gasteiger charge is -2.18. The van der Waals surface area contributed by atoms with Gasteiger partial charge in [0.05, 0.1) is 0 Å². The fourth-order valence-electron chi connectivity index (χ4n) is 8.07. The lowest BCUT2D eigenvalue weighted by atomic mass is 10.1. The number of carbonyl (C=O) groups excluding carboxylic acids is 3. The number of hydrogen-bond donors (Lipinski definition) is 0. The lowest BCUT2D eigenvalue weighted by molar-refractivity contribution is -0.167. The smallest absolute Gasteiger partial charge is 0.306 e. The third kappa shape index (κ3) is 53.9. The SMILES string of the molecule is CCCC/C=C\CCCCCCCC(=O)OC[C@H](COC(=O)CCCCCCCC/C=C\C/C=C\C/C=C\CCCCC)OC(=O)CCCCCCCCC/C=C\CCCCCCCCCC. The zero-order valence-electron chi connectivity index (χ0n) is 44.4. The number of esters is 3. The summed E-state index contributed by atoms with van der Waals surface area (Å²) in [4.78, 5) is 38.1. The summed E-state index contributed by atoms with van der Waals surface area (Å²) in [5.74, 6) is -0.901. The van der Waals surface area contributed by atoms with Crippen molar-refractivity contribution in [2.45, 2.75) is 297 Å². The van der Waals surface area contributed by atoms with E-state index < -0.39 is 6.10 Å². The average Bonchev–Trinajstić information content (AvgIpc) is 3.33. The van der Waals surface area contributed by atoms with Gasteiger partial charge in [-0.1, -0.05) is 229 Å². The van der Waals surface area contributed by atoms with Gasteiger partial charge in [-0.2, -0.15) is 0 Å². The van der Waals surface area contributed by atoms with Crippen molar-refractivity contribution in [3.05, 3.63) is 60.8 Å². The first-order valence-corrected chi connectivity index (χ1v) is 28.8. The molecule has 0 fully saturated rings. The second kappa shape index (κ2) is 55.7. The number of allylic oxidation sites excluding steroid dienone is 10. The molecule has 67 heavy (non-hydrogen) atoms. The third-order valence-electron chi connectivity index (χ3n) is 12.5. The van der Waals surface area contributed by atoms with E-state index in [4.69, 9.17) is 14.2 Å². The summed E-state index contributed by atoms with van der Waals surface area (Å²) in [6.45, 7) is 6.57. The Hall–Kier alpha value is -2.89. The van der Waals surface area contributed by atoms with Gasteiger partial charge in [-0.05, 0) is 103 Å². The first-order valence-electron chi connectivity index (χ1n) is 28.8. The molecular weight excluding hydrogens is 829 g/mol. The van der Waals surface area contributed by atoms with Crippen molar-refractivity contribution in [1.82, 2.24) is 0 Å². The molecule has 0 unspecified atom stereocenters. The first kappa shape index (κ1) is 64.1. The Bertz CT molecular complexity index is 1210. The van der Waals surface area contributed by atoms with Gasteiger partial charge < -0.3 is 14.2 Å². The molecule has 0 aromatic heterocycles. The Morgan fingerprint density at radius 3 is 0.925 bits per heavy atom. The minimum atomic E-state index is -0.785. The fourth-order valence-corrected chi connectivity index (χ4v) is 8.07. The van der Waals surface area contributed by atoms with Crippen LogP contribution in [0, 0.1) is 0 Å². The highest BCUT2D eigenvalue weighted by Crippen LogP contribution is 2.15. The molecule has 0 bridgehead atoms. The molecule has 0 spiro atoms. The van der Waals surface area contributed by atoms with Crippen molar-refractivity contribution in [3.63, 3.8) is 0 Å². The van der Waals surface area contributed by atoms with Gasteiger partial charge in [-0.3, -0.25) is 14.4 Å². The van der Waals surface area contributed by atoms with Crippen LogP contribution in [0.2, 0.25) is 0 Å². The summed E-state index contributed by atoms with van der Waals surface area (Å²) in [7, 11) is 0. The molecule has 0 aliphatic heterocycles. The van der Waals surface area contributed by atoms with Gasteiger partial charge in [0.15, 0.2) is 6.10 Å². The summed E-state index contributed by atoms with van der Waals surface area (Å²) >= 11 is 0. The number of ether oxygens (including phenoxy) is 3. The molecule has 0 amide bonds. The van der Waals surface area contributed by atoms with Crippen LogP contribution in [-0.4, -0.2) is 37.2 Å². The molecule has 0 heterocycles. The van der Waals surface area contributed by atoms with Crippen LogP contribution in [0.3, 0.4) is 0 Å². The summed E-state index contributed by atoms with van der Waals surface area (Å²) < 4.78 is 16.8. The van der Waals surface area contributed by atoms with E-state index in [9.17, 15) is 14.4 Å². The minimum Gasteiger partial charge on any atom is -0.462 e. The second-order valence-electron chi connectivity index (χ2n) is 19.2. The van der Waals surface area contributed by atoms with E-state index in [1.807, 2.05) is 0 Å². The standard InChI is InChI=1S/C61H108O6/c1-4-7-10-13-16-19-22-24-26-28-30-32-34-36-39-42-45-48-51-54-60(63)66-57-58(56-65-59(62)53-50-47-44-41-38-21-18-15-12-9-6-3)67-61(64)55-52-49-46-43-40-37-35-33-31-29-27-25-23-20-17-14-11-8-5-2/h15-16,18-19,24,26,29-32,58H,4-14,17,20-23,25,27-28,33-57H2,1-3H3/b18-15-,19-16-,26-24-,31-29-,32-30-/t58-/m1/s1. The maximum Gasteiger partial charge on any atom is 0.306 e. The monoisotopic (exact) mass is 937 g/mol. The van der Waals surface area contributed by atoms with Crippen LogP contribution in [-0.2, 0) is 28.6 Å². The Morgan fingerprint density at radius 1 is 0.299 bits per heavy atom. The quantitative estimate of drug-likeness (QED) is 0.0262. The maximum absolute atomic E-state index is 12.8. The van der Waals surface area contributed by atoms with Crippen LogP contribution in [0.4, 0.5) is 0 Å². The summed E-state index contributed by atoms with van der Waals surface area (Å²) in [6.07, 6.45) is 69.2. The van der Waals surface area contributed by atoms with Gasteiger partial charge in [0.1, 0.15) is 13.2 Å². The normalized spacial score (nSPS) is 12.5. The van der Waals surface area contributed by atoms with E-state index in [1.54, 1.807) is 0 Å². The van der Waals surface area contributed by atoms with E-state index in [0.29, 0.717) is 19.3 Å². The van der Waals surface area contributed by atoms with Crippen LogP contribution in [0.25, 0.3) is 0 Å². The number of hydrogen-bond acceptors (Lipinski definition) is 6. The Kier molecular flexibility index (Phi) is 53.3. The average molecular weight is 938 g/mol. The van der Waals surface area contributed by atoms with Gasteiger partial charge in [-0.15, -0.1) is 0 Å². The molecule has 0 radical (unpaired) electrons. The van der Waals surface area contributed by atoms with Crippen molar-refractivity contribution in [2.75, 3.05) is 13.2 Å². The largest absolute Gasteiger partial charge is 0.462 e. The molecule has 6 heteroatoms. The topological polar surface area (TPSA) is 78.9 Å². The van der Waals surface area contributed by atoms with E-state index in [0.717, 1.165) is 83.5 Å². The number of carbonyl (C=O) groups is 3. The molecule has 0 N–H and O–H groups in total. The van der Waals surface area contributed by atoms with Crippen LogP contribution < -0.4 is 0 Å². The van der Waals surface area contributed by atoms with Crippen molar-refractivity contribution in [1.29, 1.82) is 0 Å². The molecule has 1 atom stereocenters. The minimum absolute atomic E-state index is 0.0840. The summed E-state index contributed by atoms with van der Waals surface area (Å²) in [5, 5.41) is 0. The van der Waals surface area contributed by atoms with Crippen LogP contribution in [0.15, 0.2) is 60.8 Å². The van der Waals surface area contributed by atoms with Gasteiger partial charge in [0, 0.05) is 19.3 Å². The molecule has 0 aliphatic rings. The highest BCUT2D eigenvalue weighted by Gasteiger charge is 2.19. The molecule has 388 valence electrons. The molecule has 0 aromatic rings. The molecule has 0 rings (SSSR count). The molecule has 0 saturated heterocycles. The van der Waals surface area contributed by atoms with Gasteiger partial charge in [-0.25, -0.2) is 0 Å². The Morgan fingerprint density at radius 2 is 0.552 bits per heavy atom. The van der Waals surface area contributed by atoms with Crippen molar-refractivity contribution in [2.24, 2.45) is 0 Å². The molecule has 0 saturated carbocycles. The van der Waals surface area contributed by atoms with Gasteiger partial charge in [0.2, 0.25) is 0 Å². The van der Waals surface area contributed by atoms with E-state index in [2.05, 4.69) is 81.5 Å². The third-order valence-corrected chi connectivity index (χ3v) is 12.5. The van der Waals surface area contributed by atoms with Crippen molar-refractivity contribution >= 4 is 17.9 Å². The fraction of sp³-hybridized carbons (Fsp3) is 0.787. The van der Waals surface area contributed by atoms with Crippen LogP contribution in [0.5, 0.6) is 0 Å². The molecule has 0 aromatic carbocycles. The van der Waals surface area contributed by atoms with Crippen LogP contribution in [0.1, 0.15) is 290 Å². The lowest BCUT2D eigenvalue weighted by Crippen LogP contribution is -2.30. The van der Waals surface area contributed by atoms with E-state index in [1.165, 1.54) is 167 Å². The molecule has 6 nitrogen and oxygen atoms in total. The van der Waals surface area contributed by atoms with Crippen LogP contribution >= 0.6 is 0 Å². The highest BCUT2D eigenvalue weighted by molar-refractivity contribution is 5.71. The first-order chi connectivity index (χ1) is 33.0. The second-order valence-corrected chi connectivity index (χ2v) is 19.2. The van der Waals surface area contributed by atoms with Gasteiger partial charge >= 0.3 is 17.9 Å². The Labute approximate surface area is 415 Å². The molecule has 0 aliphatic carbocycles. The highest BCUT2D eigenvalue weighted by atomic mass is 16.6. The van der Waals surface area contributed by atoms with E-state index in [-0.39, 0.29) is 31.1 Å².